The number of nitrogens with two attached hydrogens (primary N) is 1. The molecule has 24 heavy (non-hydrogen) atoms. The van der Waals surface area contributed by atoms with Gasteiger partial charge in [0.25, 0.3) is 0 Å². The number of nitrogens with one attached hydrogen (secondary N) is 1. The molecule has 0 saturated heterocycles. The first-order valence-corrected chi connectivity index (χ1v) is 8.10. The van der Waals surface area contributed by atoms with E-state index in [1.807, 2.05) is 37.3 Å². The van der Waals surface area contributed by atoms with Crippen LogP contribution in [0.5, 0.6) is 11.5 Å². The number of nitrogens with zero attached hydrogens (tertiary/aromatic N) is 1. The zero-order valence-corrected chi connectivity index (χ0v) is 14.7. The lowest BCUT2D eigenvalue weighted by Gasteiger charge is -2.12. The first-order chi connectivity index (χ1) is 11.6. The van der Waals surface area contributed by atoms with Crippen molar-refractivity contribution in [3.63, 3.8) is 0 Å². The van der Waals surface area contributed by atoms with Crippen LogP contribution < -0.4 is 20.6 Å². The summed E-state index contributed by atoms with van der Waals surface area (Å²) in [6, 6.07) is 12.6. The van der Waals surface area contributed by atoms with Crippen molar-refractivity contribution in [1.29, 1.82) is 0 Å². The third-order valence-corrected chi connectivity index (χ3v) is 3.49. The Labute approximate surface area is 148 Å². The Balaban J connectivity index is 2.09. The van der Waals surface area contributed by atoms with E-state index >= 15 is 0 Å². The molecule has 0 heterocycles. The number of hydrogen-bond donors (Lipinski definition) is 2. The molecule has 2 aromatic carbocycles. The SMILES string of the molecule is CCOc1cc(/C=N/NC(N)=O)ccc1OCc1ccc(Br)cc1. The molecule has 0 aliphatic heterocycles. The summed E-state index contributed by atoms with van der Waals surface area (Å²) in [5, 5.41) is 3.72. The number of urea groups is 1. The van der Waals surface area contributed by atoms with E-state index in [0.717, 1.165) is 15.6 Å². The number of rotatable bonds is 7. The summed E-state index contributed by atoms with van der Waals surface area (Å²) in [6.07, 6.45) is 1.48. The number of carbonyl (C=O) groups is 1. The van der Waals surface area contributed by atoms with Gasteiger partial charge in [-0.2, -0.15) is 5.10 Å². The number of ether oxygens (including phenoxy) is 2. The fraction of sp³-hybridized carbons (Fsp3) is 0.176. The summed E-state index contributed by atoms with van der Waals surface area (Å²) >= 11 is 3.40. The quantitative estimate of drug-likeness (QED) is 0.559. The summed E-state index contributed by atoms with van der Waals surface area (Å²) in [5.41, 5.74) is 8.90. The molecule has 0 saturated carbocycles. The molecular weight excluding hydrogens is 374 g/mol. The predicted octanol–water partition coefficient (Wildman–Crippen LogP) is 3.43. The van der Waals surface area contributed by atoms with Gasteiger partial charge in [0, 0.05) is 4.47 Å². The van der Waals surface area contributed by atoms with Crippen LogP contribution in [0.25, 0.3) is 0 Å². The highest BCUT2D eigenvalue weighted by molar-refractivity contribution is 9.10. The standard InChI is InChI=1S/C17H18BrN3O3/c1-2-23-16-9-13(10-20-21-17(19)22)5-8-15(16)24-11-12-3-6-14(18)7-4-12/h3-10H,2,11H2,1H3,(H3,19,21,22)/b20-10+. The maximum absolute atomic E-state index is 10.6. The first kappa shape index (κ1) is 17.8. The van der Waals surface area contributed by atoms with E-state index in [1.54, 1.807) is 12.1 Å². The Kier molecular flexibility index (Phi) is 6.62. The molecule has 0 aliphatic carbocycles. The van der Waals surface area contributed by atoms with Crippen LogP contribution in [0, 0.1) is 0 Å². The normalized spacial score (nSPS) is 10.6. The molecular formula is C17H18BrN3O3. The Morgan fingerprint density at radius 3 is 2.62 bits per heavy atom. The lowest BCUT2D eigenvalue weighted by molar-refractivity contribution is 0.249. The van der Waals surface area contributed by atoms with Crippen LogP contribution in [0.1, 0.15) is 18.1 Å². The number of hydrazone groups is 1. The highest BCUT2D eigenvalue weighted by Crippen LogP contribution is 2.29. The van der Waals surface area contributed by atoms with Crippen molar-refractivity contribution in [2.24, 2.45) is 10.8 Å². The van der Waals surface area contributed by atoms with Crippen LogP contribution >= 0.6 is 15.9 Å². The number of halogens is 1. The van der Waals surface area contributed by atoms with Gasteiger partial charge in [-0.3, -0.25) is 0 Å². The number of benzene rings is 2. The van der Waals surface area contributed by atoms with Crippen LogP contribution in [0.15, 0.2) is 52.0 Å². The lowest BCUT2D eigenvalue weighted by atomic mass is 10.2. The fourth-order valence-electron chi connectivity index (χ4n) is 1.90. The van der Waals surface area contributed by atoms with Gasteiger partial charge in [-0.1, -0.05) is 28.1 Å². The Bertz CT molecular complexity index is 718. The van der Waals surface area contributed by atoms with Gasteiger partial charge in [0.05, 0.1) is 12.8 Å². The van der Waals surface area contributed by atoms with Gasteiger partial charge in [0.2, 0.25) is 0 Å². The molecule has 0 atom stereocenters. The smallest absolute Gasteiger partial charge is 0.332 e. The number of hydrogen-bond acceptors (Lipinski definition) is 4. The maximum Gasteiger partial charge on any atom is 0.332 e. The van der Waals surface area contributed by atoms with Gasteiger partial charge in [0.1, 0.15) is 6.61 Å². The molecule has 0 fully saturated rings. The van der Waals surface area contributed by atoms with E-state index in [1.165, 1.54) is 6.21 Å². The maximum atomic E-state index is 10.6. The minimum Gasteiger partial charge on any atom is -0.490 e. The topological polar surface area (TPSA) is 85.9 Å². The Morgan fingerprint density at radius 1 is 1.21 bits per heavy atom. The molecule has 0 bridgehead atoms. The zero-order chi connectivity index (χ0) is 17.4. The highest BCUT2D eigenvalue weighted by Gasteiger charge is 2.06. The second-order valence-corrected chi connectivity index (χ2v) is 5.70. The molecule has 6 nitrogen and oxygen atoms in total. The minimum atomic E-state index is -0.717. The van der Waals surface area contributed by atoms with Gasteiger partial charge in [0.15, 0.2) is 11.5 Å². The van der Waals surface area contributed by atoms with Gasteiger partial charge in [-0.25, -0.2) is 10.2 Å². The van der Waals surface area contributed by atoms with E-state index in [2.05, 4.69) is 26.5 Å². The highest BCUT2D eigenvalue weighted by atomic mass is 79.9. The monoisotopic (exact) mass is 391 g/mol. The molecule has 7 heteroatoms. The number of carbonyl (C=O) groups excluding carboxylic acids is 1. The average molecular weight is 392 g/mol. The van der Waals surface area contributed by atoms with Crippen molar-refractivity contribution in [3.05, 3.63) is 58.1 Å². The summed E-state index contributed by atoms with van der Waals surface area (Å²) in [5.74, 6) is 1.25. The van der Waals surface area contributed by atoms with Crippen LogP contribution in [-0.2, 0) is 6.61 Å². The molecule has 3 N–H and O–H groups in total. The van der Waals surface area contributed by atoms with E-state index in [9.17, 15) is 4.79 Å². The van der Waals surface area contributed by atoms with E-state index < -0.39 is 6.03 Å². The molecule has 2 rings (SSSR count). The summed E-state index contributed by atoms with van der Waals surface area (Å²) in [6.45, 7) is 2.84. The molecule has 0 aliphatic rings. The molecule has 2 aromatic rings. The largest absolute Gasteiger partial charge is 0.490 e. The van der Waals surface area contributed by atoms with E-state index in [-0.39, 0.29) is 0 Å². The zero-order valence-electron chi connectivity index (χ0n) is 13.2. The molecule has 0 unspecified atom stereocenters. The van der Waals surface area contributed by atoms with Gasteiger partial charge in [-0.15, -0.1) is 0 Å². The summed E-state index contributed by atoms with van der Waals surface area (Å²) in [4.78, 5) is 10.6. The second-order valence-electron chi connectivity index (χ2n) is 4.79. The summed E-state index contributed by atoms with van der Waals surface area (Å²) < 4.78 is 12.5. The first-order valence-electron chi connectivity index (χ1n) is 7.31. The summed E-state index contributed by atoms with van der Waals surface area (Å²) in [7, 11) is 0. The van der Waals surface area contributed by atoms with Crippen molar-refractivity contribution in [3.8, 4) is 11.5 Å². The van der Waals surface area contributed by atoms with Crippen LogP contribution in [-0.4, -0.2) is 18.9 Å². The molecule has 0 spiro atoms. The molecule has 0 aromatic heterocycles. The van der Waals surface area contributed by atoms with E-state index in [4.69, 9.17) is 15.2 Å². The Morgan fingerprint density at radius 2 is 1.96 bits per heavy atom. The number of amides is 2. The van der Waals surface area contributed by atoms with Crippen molar-refractivity contribution in [2.75, 3.05) is 6.61 Å². The van der Waals surface area contributed by atoms with Crippen LogP contribution in [0.2, 0.25) is 0 Å². The van der Waals surface area contributed by atoms with Gasteiger partial charge in [-0.05, 0) is 48.4 Å². The van der Waals surface area contributed by atoms with Crippen molar-refractivity contribution >= 4 is 28.2 Å². The number of primary amides is 1. The third-order valence-electron chi connectivity index (χ3n) is 2.96. The predicted molar refractivity (Wildman–Crippen MR) is 96.4 cm³/mol. The van der Waals surface area contributed by atoms with Crippen molar-refractivity contribution in [1.82, 2.24) is 5.43 Å². The van der Waals surface area contributed by atoms with Crippen molar-refractivity contribution in [2.45, 2.75) is 13.5 Å². The Hall–Kier alpha value is -2.54. The van der Waals surface area contributed by atoms with Gasteiger partial charge >= 0.3 is 6.03 Å². The van der Waals surface area contributed by atoms with Crippen molar-refractivity contribution < 1.29 is 14.3 Å². The van der Waals surface area contributed by atoms with Crippen LogP contribution in [0.4, 0.5) is 4.79 Å². The average Bonchev–Trinajstić information content (AvgIpc) is 2.55. The fourth-order valence-corrected chi connectivity index (χ4v) is 2.17. The van der Waals surface area contributed by atoms with Gasteiger partial charge < -0.3 is 15.2 Å². The second kappa shape index (κ2) is 8.93. The molecule has 2 amide bonds. The van der Waals surface area contributed by atoms with Crippen LogP contribution in [0.3, 0.4) is 0 Å². The molecule has 0 radical (unpaired) electrons. The lowest BCUT2D eigenvalue weighted by Crippen LogP contribution is -2.24. The minimum absolute atomic E-state index is 0.435. The van der Waals surface area contributed by atoms with E-state index in [0.29, 0.717) is 24.7 Å². The molecule has 126 valence electrons. The third kappa shape index (κ3) is 5.58.